The number of nitrogens with zero attached hydrogens (tertiary/aromatic N) is 1. The van der Waals surface area contributed by atoms with E-state index in [1.165, 1.54) is 0 Å². The Balaban J connectivity index is 2.04. The number of amides is 1. The van der Waals surface area contributed by atoms with E-state index in [9.17, 15) is 9.59 Å². The minimum Gasteiger partial charge on any atom is -0.427 e. The molecular formula is C16H21NO4. The second-order valence-corrected chi connectivity index (χ2v) is 5.32. The number of esters is 1. The second-order valence-electron chi connectivity index (χ2n) is 5.32. The molecule has 0 saturated carbocycles. The SMILES string of the molecule is CCC(=O)Oc1ccc(C(=O)N2C[C@H](C)O[C@@H](C)C2)cc1. The molecular weight excluding hydrogens is 270 g/mol. The lowest BCUT2D eigenvalue weighted by Crippen LogP contribution is -2.48. The van der Waals surface area contributed by atoms with Gasteiger partial charge in [0.2, 0.25) is 0 Å². The van der Waals surface area contributed by atoms with Crippen molar-refractivity contribution in [3.05, 3.63) is 29.8 Å². The summed E-state index contributed by atoms with van der Waals surface area (Å²) in [5.74, 6) is 0.150. The van der Waals surface area contributed by atoms with Crippen molar-refractivity contribution in [2.24, 2.45) is 0 Å². The lowest BCUT2D eigenvalue weighted by molar-refractivity contribution is -0.134. The maximum Gasteiger partial charge on any atom is 0.310 e. The second kappa shape index (κ2) is 6.72. The molecule has 0 radical (unpaired) electrons. The highest BCUT2D eigenvalue weighted by atomic mass is 16.5. The van der Waals surface area contributed by atoms with E-state index in [1.807, 2.05) is 13.8 Å². The molecule has 0 bridgehead atoms. The van der Waals surface area contributed by atoms with Gasteiger partial charge in [0.05, 0.1) is 12.2 Å². The molecule has 5 heteroatoms. The molecule has 1 aliphatic heterocycles. The van der Waals surface area contributed by atoms with Gasteiger partial charge in [-0.05, 0) is 38.1 Å². The monoisotopic (exact) mass is 291 g/mol. The molecule has 0 N–H and O–H groups in total. The predicted octanol–water partition coefficient (Wildman–Crippen LogP) is 2.25. The molecule has 0 unspecified atom stereocenters. The lowest BCUT2D eigenvalue weighted by Gasteiger charge is -2.35. The summed E-state index contributed by atoms with van der Waals surface area (Å²) in [7, 11) is 0. The third-order valence-corrected chi connectivity index (χ3v) is 3.33. The van der Waals surface area contributed by atoms with Crippen LogP contribution < -0.4 is 4.74 Å². The molecule has 1 saturated heterocycles. The number of carbonyl (C=O) groups excluding carboxylic acids is 2. The van der Waals surface area contributed by atoms with Crippen molar-refractivity contribution in [3.63, 3.8) is 0 Å². The summed E-state index contributed by atoms with van der Waals surface area (Å²) in [6, 6.07) is 6.67. The first-order chi connectivity index (χ1) is 9.99. The van der Waals surface area contributed by atoms with E-state index in [2.05, 4.69) is 0 Å². The Kier molecular flexibility index (Phi) is 4.96. The zero-order valence-corrected chi connectivity index (χ0v) is 12.7. The van der Waals surface area contributed by atoms with Crippen LogP contribution in [-0.2, 0) is 9.53 Å². The Bertz CT molecular complexity index is 502. The van der Waals surface area contributed by atoms with Crippen LogP contribution >= 0.6 is 0 Å². The Morgan fingerprint density at radius 1 is 1.19 bits per heavy atom. The minimum absolute atomic E-state index is 0.0228. The predicted molar refractivity (Wildman–Crippen MR) is 78.3 cm³/mol. The summed E-state index contributed by atoms with van der Waals surface area (Å²) in [6.07, 6.45) is 0.412. The van der Waals surface area contributed by atoms with Crippen LogP contribution in [0.3, 0.4) is 0 Å². The molecule has 1 aliphatic rings. The van der Waals surface area contributed by atoms with E-state index < -0.39 is 0 Å². The number of benzene rings is 1. The van der Waals surface area contributed by atoms with Gasteiger partial charge in [0.1, 0.15) is 5.75 Å². The number of morpholine rings is 1. The van der Waals surface area contributed by atoms with Gasteiger partial charge in [-0.2, -0.15) is 0 Å². The first kappa shape index (κ1) is 15.5. The van der Waals surface area contributed by atoms with Crippen LogP contribution in [0.1, 0.15) is 37.6 Å². The van der Waals surface area contributed by atoms with Crippen molar-refractivity contribution in [2.75, 3.05) is 13.1 Å². The maximum atomic E-state index is 12.4. The van der Waals surface area contributed by atoms with Gasteiger partial charge in [0.15, 0.2) is 0 Å². The van der Waals surface area contributed by atoms with Gasteiger partial charge in [-0.3, -0.25) is 9.59 Å². The Hall–Kier alpha value is -1.88. The quantitative estimate of drug-likeness (QED) is 0.633. The molecule has 1 aromatic carbocycles. The van der Waals surface area contributed by atoms with Crippen molar-refractivity contribution >= 4 is 11.9 Å². The van der Waals surface area contributed by atoms with Crippen LogP contribution in [0.5, 0.6) is 5.75 Å². The van der Waals surface area contributed by atoms with Crippen molar-refractivity contribution in [2.45, 2.75) is 39.4 Å². The highest BCUT2D eigenvalue weighted by Gasteiger charge is 2.26. The smallest absolute Gasteiger partial charge is 0.310 e. The largest absolute Gasteiger partial charge is 0.427 e. The van der Waals surface area contributed by atoms with Gasteiger partial charge in [0.25, 0.3) is 5.91 Å². The zero-order chi connectivity index (χ0) is 15.4. The number of rotatable bonds is 3. The Labute approximate surface area is 124 Å². The topological polar surface area (TPSA) is 55.8 Å². The molecule has 0 aromatic heterocycles. The van der Waals surface area contributed by atoms with Gasteiger partial charge in [0, 0.05) is 25.1 Å². The molecule has 2 atom stereocenters. The molecule has 21 heavy (non-hydrogen) atoms. The number of hydrogen-bond donors (Lipinski definition) is 0. The lowest BCUT2D eigenvalue weighted by atomic mass is 10.1. The van der Waals surface area contributed by atoms with Gasteiger partial charge in [-0.15, -0.1) is 0 Å². The molecule has 0 spiro atoms. The number of carbonyl (C=O) groups is 2. The fourth-order valence-corrected chi connectivity index (χ4v) is 2.40. The molecule has 5 nitrogen and oxygen atoms in total. The van der Waals surface area contributed by atoms with Gasteiger partial charge >= 0.3 is 5.97 Å². The summed E-state index contributed by atoms with van der Waals surface area (Å²) < 4.78 is 10.7. The van der Waals surface area contributed by atoms with Crippen LogP contribution in [0.15, 0.2) is 24.3 Å². The van der Waals surface area contributed by atoms with Crippen LogP contribution in [0.2, 0.25) is 0 Å². The van der Waals surface area contributed by atoms with E-state index in [0.29, 0.717) is 30.8 Å². The van der Waals surface area contributed by atoms with Gasteiger partial charge in [-0.1, -0.05) is 6.92 Å². The highest BCUT2D eigenvalue weighted by Crippen LogP contribution is 2.17. The summed E-state index contributed by atoms with van der Waals surface area (Å²) in [4.78, 5) is 25.4. The number of ether oxygens (including phenoxy) is 2. The van der Waals surface area contributed by atoms with Crippen LogP contribution in [0, 0.1) is 0 Å². The van der Waals surface area contributed by atoms with E-state index in [-0.39, 0.29) is 24.1 Å². The van der Waals surface area contributed by atoms with Crippen molar-refractivity contribution in [3.8, 4) is 5.75 Å². The van der Waals surface area contributed by atoms with E-state index >= 15 is 0 Å². The zero-order valence-electron chi connectivity index (χ0n) is 12.7. The molecule has 1 amide bonds. The average molecular weight is 291 g/mol. The first-order valence-corrected chi connectivity index (χ1v) is 7.25. The molecule has 1 aromatic rings. The van der Waals surface area contributed by atoms with Crippen LogP contribution in [-0.4, -0.2) is 42.1 Å². The minimum atomic E-state index is -0.287. The highest BCUT2D eigenvalue weighted by molar-refractivity contribution is 5.94. The van der Waals surface area contributed by atoms with E-state index in [1.54, 1.807) is 36.1 Å². The third-order valence-electron chi connectivity index (χ3n) is 3.33. The average Bonchev–Trinajstić information content (AvgIpc) is 2.46. The molecule has 2 rings (SSSR count). The summed E-state index contributed by atoms with van der Waals surface area (Å²) in [6.45, 7) is 6.85. The Morgan fingerprint density at radius 3 is 2.29 bits per heavy atom. The summed E-state index contributed by atoms with van der Waals surface area (Å²) >= 11 is 0. The van der Waals surface area contributed by atoms with Crippen LogP contribution in [0.25, 0.3) is 0 Å². The van der Waals surface area contributed by atoms with Crippen molar-refractivity contribution < 1.29 is 19.1 Å². The maximum absolute atomic E-state index is 12.4. The molecule has 0 aliphatic carbocycles. The third kappa shape index (κ3) is 4.04. The molecule has 1 fully saturated rings. The van der Waals surface area contributed by atoms with Crippen LogP contribution in [0.4, 0.5) is 0 Å². The van der Waals surface area contributed by atoms with Crippen molar-refractivity contribution in [1.82, 2.24) is 4.90 Å². The Morgan fingerprint density at radius 2 is 1.76 bits per heavy atom. The number of hydrogen-bond acceptors (Lipinski definition) is 4. The van der Waals surface area contributed by atoms with E-state index in [0.717, 1.165) is 0 Å². The summed E-state index contributed by atoms with van der Waals surface area (Å²) in [5.41, 5.74) is 0.590. The van der Waals surface area contributed by atoms with Gasteiger partial charge in [-0.25, -0.2) is 0 Å². The van der Waals surface area contributed by atoms with E-state index in [4.69, 9.17) is 9.47 Å². The molecule has 114 valence electrons. The fourth-order valence-electron chi connectivity index (χ4n) is 2.40. The van der Waals surface area contributed by atoms with Gasteiger partial charge < -0.3 is 14.4 Å². The molecule has 1 heterocycles. The fraction of sp³-hybridized carbons (Fsp3) is 0.500. The van der Waals surface area contributed by atoms with Crippen molar-refractivity contribution in [1.29, 1.82) is 0 Å². The normalized spacial score (nSPS) is 22.0. The standard InChI is InChI=1S/C16H21NO4/c1-4-15(18)21-14-7-5-13(6-8-14)16(19)17-9-11(2)20-12(3)10-17/h5-8,11-12H,4,9-10H2,1-3H3/t11-,12-/m0/s1. The summed E-state index contributed by atoms with van der Waals surface area (Å²) in [5, 5.41) is 0. The first-order valence-electron chi connectivity index (χ1n) is 7.25.